The number of rotatable bonds is 4. The lowest BCUT2D eigenvalue weighted by Crippen LogP contribution is -2.46. The molecule has 0 radical (unpaired) electrons. The molecule has 0 aliphatic carbocycles. The predicted molar refractivity (Wildman–Crippen MR) is 84.2 cm³/mol. The third-order valence-electron chi connectivity index (χ3n) is 3.38. The van der Waals surface area contributed by atoms with E-state index in [4.69, 9.17) is 17.3 Å². The van der Waals surface area contributed by atoms with Gasteiger partial charge in [0, 0.05) is 10.7 Å². The monoisotopic (exact) mass is 304 g/mol. The summed E-state index contributed by atoms with van der Waals surface area (Å²) in [5.41, 5.74) is 6.35. The van der Waals surface area contributed by atoms with Crippen LogP contribution in [0.25, 0.3) is 0 Å². The third kappa shape index (κ3) is 3.35. The minimum absolute atomic E-state index is 0.233. The molecule has 1 atom stereocenters. The molecule has 0 aliphatic rings. The minimum Gasteiger partial charge on any atom is -0.398 e. The first-order valence-corrected chi connectivity index (χ1v) is 6.88. The van der Waals surface area contributed by atoms with Crippen LogP contribution in [0.4, 0.5) is 5.69 Å². The average Bonchev–Trinajstić information content (AvgIpc) is 2.50. The Hall–Kier alpha value is -2.04. The van der Waals surface area contributed by atoms with Gasteiger partial charge in [0.15, 0.2) is 0 Å². The smallest absolute Gasteiger partial charge is 0.254 e. The van der Waals surface area contributed by atoms with Crippen LogP contribution in [0, 0.1) is 0 Å². The molecule has 5 heteroatoms. The quantitative estimate of drug-likeness (QED) is 0.760. The maximum absolute atomic E-state index is 12.4. The van der Waals surface area contributed by atoms with Gasteiger partial charge >= 0.3 is 0 Å². The molecule has 21 heavy (non-hydrogen) atoms. The van der Waals surface area contributed by atoms with Crippen LogP contribution in [0.5, 0.6) is 0 Å². The molecule has 1 amide bonds. The fourth-order valence-corrected chi connectivity index (χ4v) is 2.22. The first kappa shape index (κ1) is 15.4. The van der Waals surface area contributed by atoms with Gasteiger partial charge in [-0.25, -0.2) is 0 Å². The Bertz CT molecular complexity index is 646. The van der Waals surface area contributed by atoms with Gasteiger partial charge in [-0.05, 0) is 30.7 Å². The Morgan fingerprint density at radius 3 is 2.57 bits per heavy atom. The van der Waals surface area contributed by atoms with E-state index < -0.39 is 5.54 Å². The van der Waals surface area contributed by atoms with E-state index in [0.717, 1.165) is 5.56 Å². The molecule has 0 saturated carbocycles. The fraction of sp³-hybridized carbons (Fsp3) is 0.188. The molecule has 0 aliphatic heterocycles. The van der Waals surface area contributed by atoms with Gasteiger partial charge in [-0.1, -0.05) is 41.9 Å². The summed E-state index contributed by atoms with van der Waals surface area (Å²) in [5.74, 6) is -0.379. The number of hydrogen-bond acceptors (Lipinski definition) is 3. The summed E-state index contributed by atoms with van der Waals surface area (Å²) in [6, 6.07) is 14.0. The molecule has 0 heterocycles. The van der Waals surface area contributed by atoms with Crippen LogP contribution >= 0.6 is 11.6 Å². The van der Waals surface area contributed by atoms with Gasteiger partial charge in [0.2, 0.25) is 0 Å². The highest BCUT2D eigenvalue weighted by Crippen LogP contribution is 2.23. The second-order valence-corrected chi connectivity index (χ2v) is 5.48. The molecule has 0 aromatic heterocycles. The molecule has 2 aromatic carbocycles. The number of nitrogen functional groups attached to an aromatic ring is 1. The largest absolute Gasteiger partial charge is 0.398 e. The van der Waals surface area contributed by atoms with E-state index in [0.29, 0.717) is 10.7 Å². The van der Waals surface area contributed by atoms with E-state index in [2.05, 4.69) is 5.32 Å². The number of nitrogens with one attached hydrogen (secondary N) is 1. The number of nitrogens with two attached hydrogens (primary N) is 1. The van der Waals surface area contributed by atoms with Crippen molar-refractivity contribution in [2.75, 3.05) is 12.3 Å². The number of amides is 1. The van der Waals surface area contributed by atoms with Crippen molar-refractivity contribution < 1.29 is 9.90 Å². The Morgan fingerprint density at radius 2 is 1.95 bits per heavy atom. The second-order valence-electron chi connectivity index (χ2n) is 5.04. The van der Waals surface area contributed by atoms with Crippen LogP contribution in [0.15, 0.2) is 48.5 Å². The van der Waals surface area contributed by atoms with Crippen molar-refractivity contribution in [3.8, 4) is 0 Å². The van der Waals surface area contributed by atoms with Gasteiger partial charge in [0.05, 0.1) is 17.7 Å². The topological polar surface area (TPSA) is 75.3 Å². The Morgan fingerprint density at radius 1 is 1.29 bits per heavy atom. The highest BCUT2D eigenvalue weighted by molar-refractivity contribution is 6.31. The van der Waals surface area contributed by atoms with Crippen LogP contribution < -0.4 is 11.1 Å². The molecule has 0 spiro atoms. The van der Waals surface area contributed by atoms with Gasteiger partial charge in [0.1, 0.15) is 0 Å². The number of aliphatic hydroxyl groups is 1. The van der Waals surface area contributed by atoms with E-state index in [-0.39, 0.29) is 18.1 Å². The standard InChI is InChI=1S/C16H17ClN2O2/c1-16(10-20,11-5-3-2-4-6-11)19-15(21)13-9-12(17)7-8-14(13)18/h2-9,20H,10,18H2,1H3,(H,19,21). The number of aliphatic hydroxyl groups excluding tert-OH is 1. The maximum atomic E-state index is 12.4. The zero-order chi connectivity index (χ0) is 15.5. The lowest BCUT2D eigenvalue weighted by molar-refractivity contribution is 0.0850. The Labute approximate surface area is 128 Å². The summed E-state index contributed by atoms with van der Waals surface area (Å²) in [5, 5.41) is 12.9. The van der Waals surface area contributed by atoms with Crippen molar-refractivity contribution in [2.24, 2.45) is 0 Å². The average molecular weight is 305 g/mol. The lowest BCUT2D eigenvalue weighted by atomic mass is 9.92. The number of anilines is 1. The first-order chi connectivity index (χ1) is 9.96. The molecule has 110 valence electrons. The molecule has 4 N–H and O–H groups in total. The molecule has 0 saturated heterocycles. The Balaban J connectivity index is 2.30. The van der Waals surface area contributed by atoms with Crippen molar-refractivity contribution in [3.05, 3.63) is 64.7 Å². The summed E-state index contributed by atoms with van der Waals surface area (Å²) >= 11 is 5.90. The molecule has 1 unspecified atom stereocenters. The number of halogens is 1. The predicted octanol–water partition coefficient (Wildman–Crippen LogP) is 2.56. The highest BCUT2D eigenvalue weighted by Gasteiger charge is 2.28. The van der Waals surface area contributed by atoms with Gasteiger partial charge < -0.3 is 16.2 Å². The van der Waals surface area contributed by atoms with E-state index in [1.165, 1.54) is 6.07 Å². The van der Waals surface area contributed by atoms with Crippen molar-refractivity contribution in [3.63, 3.8) is 0 Å². The molecule has 0 fully saturated rings. The normalized spacial score (nSPS) is 13.5. The van der Waals surface area contributed by atoms with E-state index in [1.54, 1.807) is 19.1 Å². The van der Waals surface area contributed by atoms with Crippen LogP contribution in [-0.4, -0.2) is 17.6 Å². The fourth-order valence-electron chi connectivity index (χ4n) is 2.05. The van der Waals surface area contributed by atoms with E-state index in [9.17, 15) is 9.90 Å². The van der Waals surface area contributed by atoms with Crippen molar-refractivity contribution in [1.29, 1.82) is 0 Å². The summed E-state index contributed by atoms with van der Waals surface area (Å²) < 4.78 is 0. The molecule has 4 nitrogen and oxygen atoms in total. The van der Waals surface area contributed by atoms with Crippen LogP contribution in [0.1, 0.15) is 22.8 Å². The highest BCUT2D eigenvalue weighted by atomic mass is 35.5. The lowest BCUT2D eigenvalue weighted by Gasteiger charge is -2.29. The number of carbonyl (C=O) groups excluding carboxylic acids is 1. The maximum Gasteiger partial charge on any atom is 0.254 e. The second kappa shape index (κ2) is 6.16. The van der Waals surface area contributed by atoms with Crippen LogP contribution in [0.3, 0.4) is 0 Å². The van der Waals surface area contributed by atoms with Crippen LogP contribution in [0.2, 0.25) is 5.02 Å². The van der Waals surface area contributed by atoms with E-state index in [1.807, 2.05) is 30.3 Å². The minimum atomic E-state index is -0.896. The molecular formula is C16H17ClN2O2. The zero-order valence-electron chi connectivity index (χ0n) is 11.6. The van der Waals surface area contributed by atoms with Crippen molar-refractivity contribution in [2.45, 2.75) is 12.5 Å². The number of benzene rings is 2. The molecule has 2 aromatic rings. The first-order valence-electron chi connectivity index (χ1n) is 6.50. The third-order valence-corrected chi connectivity index (χ3v) is 3.61. The molecule has 2 rings (SSSR count). The summed E-state index contributed by atoms with van der Waals surface area (Å²) in [4.78, 5) is 12.4. The summed E-state index contributed by atoms with van der Waals surface area (Å²) in [6.45, 7) is 1.52. The summed E-state index contributed by atoms with van der Waals surface area (Å²) in [6.07, 6.45) is 0. The van der Waals surface area contributed by atoms with Crippen molar-refractivity contribution >= 4 is 23.2 Å². The number of carbonyl (C=O) groups is 1. The SMILES string of the molecule is CC(CO)(NC(=O)c1cc(Cl)ccc1N)c1ccccc1. The van der Waals surface area contributed by atoms with E-state index >= 15 is 0 Å². The van der Waals surface area contributed by atoms with Crippen molar-refractivity contribution in [1.82, 2.24) is 5.32 Å². The zero-order valence-corrected chi connectivity index (χ0v) is 12.4. The molecule has 0 bridgehead atoms. The van der Waals surface area contributed by atoms with Gasteiger partial charge in [-0.2, -0.15) is 0 Å². The molecular weight excluding hydrogens is 288 g/mol. The Kier molecular flexibility index (Phi) is 4.50. The van der Waals surface area contributed by atoms with Gasteiger partial charge in [-0.3, -0.25) is 4.79 Å². The van der Waals surface area contributed by atoms with Crippen LogP contribution in [-0.2, 0) is 5.54 Å². The van der Waals surface area contributed by atoms with Gasteiger partial charge in [-0.15, -0.1) is 0 Å². The summed E-state index contributed by atoms with van der Waals surface area (Å²) in [7, 11) is 0. The van der Waals surface area contributed by atoms with Gasteiger partial charge in [0.25, 0.3) is 5.91 Å². The number of hydrogen-bond donors (Lipinski definition) is 3.